The first-order chi connectivity index (χ1) is 9.70. The molecule has 116 valence electrons. The second kappa shape index (κ2) is 5.76. The smallest absolute Gasteiger partial charge is 0.235 e. The Morgan fingerprint density at radius 1 is 1.24 bits per heavy atom. The van der Waals surface area contributed by atoms with Crippen LogP contribution < -0.4 is 4.72 Å². The van der Waals surface area contributed by atoms with Gasteiger partial charge in [0.05, 0.1) is 16.8 Å². The van der Waals surface area contributed by atoms with Crippen molar-refractivity contribution in [2.45, 2.75) is 25.0 Å². The second-order valence-corrected chi connectivity index (χ2v) is 9.40. The van der Waals surface area contributed by atoms with E-state index in [0.717, 1.165) is 0 Å². The Labute approximate surface area is 124 Å². The number of anilines is 1. The minimum Gasteiger partial charge on any atom is -0.295 e. The van der Waals surface area contributed by atoms with Crippen molar-refractivity contribution < 1.29 is 21.6 Å². The summed E-state index contributed by atoms with van der Waals surface area (Å²) in [6.45, 7) is 1.40. The molecule has 1 N–H and O–H groups in total. The van der Waals surface area contributed by atoms with Gasteiger partial charge in [-0.05, 0) is 31.9 Å². The average Bonchev–Trinajstić information content (AvgIpc) is 2.37. The molecule has 1 aromatic rings. The first-order valence-corrected chi connectivity index (χ1v) is 9.89. The van der Waals surface area contributed by atoms with Gasteiger partial charge >= 0.3 is 0 Å². The first kappa shape index (κ1) is 16.0. The monoisotopic (exact) mass is 331 g/mol. The molecule has 1 heterocycles. The summed E-state index contributed by atoms with van der Waals surface area (Å²) in [6.07, 6.45) is 0.203. The van der Waals surface area contributed by atoms with Crippen LogP contribution >= 0.6 is 0 Å². The van der Waals surface area contributed by atoms with E-state index in [1.807, 2.05) is 0 Å². The third-order valence-corrected chi connectivity index (χ3v) is 7.05. The van der Waals surface area contributed by atoms with Gasteiger partial charge in [-0.3, -0.25) is 9.52 Å². The quantitative estimate of drug-likeness (QED) is 0.836. The maximum absolute atomic E-state index is 12.3. The summed E-state index contributed by atoms with van der Waals surface area (Å²) in [6, 6.07) is 6.23. The van der Waals surface area contributed by atoms with Gasteiger partial charge in [0.2, 0.25) is 10.0 Å². The molecule has 0 saturated carbocycles. The second-order valence-electron chi connectivity index (χ2n) is 5.14. The maximum atomic E-state index is 12.3. The number of hydrogen-bond donors (Lipinski definition) is 1. The van der Waals surface area contributed by atoms with E-state index in [0.29, 0.717) is 11.3 Å². The van der Waals surface area contributed by atoms with Crippen LogP contribution in [0.25, 0.3) is 0 Å². The number of hydrogen-bond acceptors (Lipinski definition) is 5. The summed E-state index contributed by atoms with van der Waals surface area (Å²) in [5.74, 6) is -0.363. The Morgan fingerprint density at radius 2 is 1.86 bits per heavy atom. The predicted octanol–water partition coefficient (Wildman–Crippen LogP) is 1.21. The van der Waals surface area contributed by atoms with E-state index in [-0.39, 0.29) is 30.1 Å². The first-order valence-electron chi connectivity index (χ1n) is 6.53. The van der Waals surface area contributed by atoms with Crippen LogP contribution in [0.1, 0.15) is 30.1 Å². The number of sulfone groups is 1. The SMILES string of the molecule is CC(=O)c1cccc(NS(=O)(=O)C2CCS(=O)(=O)CC2)c1. The van der Waals surface area contributed by atoms with E-state index in [1.165, 1.54) is 13.0 Å². The largest absolute Gasteiger partial charge is 0.295 e. The summed E-state index contributed by atoms with van der Waals surface area (Å²) in [5, 5.41) is -0.720. The Balaban J connectivity index is 2.15. The van der Waals surface area contributed by atoms with E-state index in [2.05, 4.69) is 4.72 Å². The van der Waals surface area contributed by atoms with Crippen molar-refractivity contribution in [2.75, 3.05) is 16.2 Å². The van der Waals surface area contributed by atoms with Crippen LogP contribution in [0.15, 0.2) is 24.3 Å². The van der Waals surface area contributed by atoms with Crippen LogP contribution in [-0.2, 0) is 19.9 Å². The molecule has 6 nitrogen and oxygen atoms in total. The molecule has 0 spiro atoms. The van der Waals surface area contributed by atoms with Gasteiger partial charge in [0.25, 0.3) is 0 Å². The lowest BCUT2D eigenvalue weighted by molar-refractivity contribution is 0.101. The normalized spacial score (nSPS) is 19.1. The third-order valence-electron chi connectivity index (χ3n) is 3.47. The number of carbonyl (C=O) groups is 1. The molecule has 21 heavy (non-hydrogen) atoms. The van der Waals surface area contributed by atoms with Crippen LogP contribution in [0.5, 0.6) is 0 Å². The molecule has 0 amide bonds. The highest BCUT2D eigenvalue weighted by Gasteiger charge is 2.32. The predicted molar refractivity (Wildman–Crippen MR) is 80.7 cm³/mol. The Morgan fingerprint density at radius 3 is 2.43 bits per heavy atom. The molecule has 0 atom stereocenters. The molecule has 1 aliphatic rings. The fourth-order valence-corrected chi connectivity index (χ4v) is 5.50. The topological polar surface area (TPSA) is 97.4 Å². The van der Waals surface area contributed by atoms with E-state index >= 15 is 0 Å². The highest BCUT2D eigenvalue weighted by molar-refractivity contribution is 7.94. The molecule has 1 fully saturated rings. The van der Waals surface area contributed by atoms with E-state index in [9.17, 15) is 21.6 Å². The van der Waals surface area contributed by atoms with Crippen molar-refractivity contribution in [2.24, 2.45) is 0 Å². The molecule has 0 radical (unpaired) electrons. The number of carbonyl (C=O) groups excluding carboxylic acids is 1. The Kier molecular flexibility index (Phi) is 4.38. The number of nitrogens with one attached hydrogen (secondary N) is 1. The number of benzene rings is 1. The summed E-state index contributed by atoms with van der Waals surface area (Å²) in [5.41, 5.74) is 0.734. The van der Waals surface area contributed by atoms with Crippen LogP contribution in [0.4, 0.5) is 5.69 Å². The van der Waals surface area contributed by atoms with Crippen LogP contribution in [0.3, 0.4) is 0 Å². The van der Waals surface area contributed by atoms with Crippen molar-refractivity contribution in [3.63, 3.8) is 0 Å². The van der Waals surface area contributed by atoms with Gasteiger partial charge in [0.15, 0.2) is 5.78 Å². The average molecular weight is 331 g/mol. The Hall–Kier alpha value is -1.41. The van der Waals surface area contributed by atoms with Gasteiger partial charge < -0.3 is 0 Å². The standard InChI is InChI=1S/C13H17NO5S2/c1-10(15)11-3-2-4-12(9-11)14-21(18,19)13-5-7-20(16,17)8-6-13/h2-4,9,13-14H,5-8H2,1H3. The summed E-state index contributed by atoms with van der Waals surface area (Å²) >= 11 is 0. The zero-order valence-electron chi connectivity index (χ0n) is 11.6. The highest BCUT2D eigenvalue weighted by Crippen LogP contribution is 2.22. The third kappa shape index (κ3) is 4.04. The van der Waals surface area contributed by atoms with E-state index in [1.54, 1.807) is 18.2 Å². The van der Waals surface area contributed by atoms with Gasteiger partial charge in [0.1, 0.15) is 9.84 Å². The Bertz CT molecular complexity index is 739. The van der Waals surface area contributed by atoms with Crippen molar-refractivity contribution in [1.29, 1.82) is 0 Å². The molecule has 1 saturated heterocycles. The van der Waals surface area contributed by atoms with Crippen LogP contribution in [-0.4, -0.2) is 39.4 Å². The van der Waals surface area contributed by atoms with Gasteiger partial charge in [-0.2, -0.15) is 0 Å². The molecule has 2 rings (SSSR count). The van der Waals surface area contributed by atoms with Crippen molar-refractivity contribution in [1.82, 2.24) is 0 Å². The number of sulfonamides is 1. The van der Waals surface area contributed by atoms with E-state index in [4.69, 9.17) is 0 Å². The van der Waals surface area contributed by atoms with Crippen molar-refractivity contribution in [3.05, 3.63) is 29.8 Å². The molecule has 0 bridgehead atoms. The van der Waals surface area contributed by atoms with Crippen LogP contribution in [0.2, 0.25) is 0 Å². The van der Waals surface area contributed by atoms with Gasteiger partial charge in [0, 0.05) is 11.3 Å². The fraction of sp³-hybridized carbons (Fsp3) is 0.462. The van der Waals surface area contributed by atoms with E-state index < -0.39 is 25.1 Å². The molecule has 8 heteroatoms. The number of ketones is 1. The number of rotatable bonds is 4. The molecular weight excluding hydrogens is 314 g/mol. The lowest BCUT2D eigenvalue weighted by Gasteiger charge is -2.22. The maximum Gasteiger partial charge on any atom is 0.235 e. The highest BCUT2D eigenvalue weighted by atomic mass is 32.2. The molecule has 1 aromatic carbocycles. The van der Waals surface area contributed by atoms with Crippen LogP contribution in [0, 0.1) is 0 Å². The molecule has 0 unspecified atom stereocenters. The van der Waals surface area contributed by atoms with Gasteiger partial charge in [-0.1, -0.05) is 12.1 Å². The van der Waals surface area contributed by atoms with Gasteiger partial charge in [-0.15, -0.1) is 0 Å². The minimum atomic E-state index is -3.65. The fourth-order valence-electron chi connectivity index (χ4n) is 2.23. The van der Waals surface area contributed by atoms with Crippen molar-refractivity contribution in [3.8, 4) is 0 Å². The molecule has 1 aliphatic heterocycles. The molecular formula is C13H17NO5S2. The summed E-state index contributed by atoms with van der Waals surface area (Å²) in [4.78, 5) is 11.3. The number of Topliss-reactive ketones (excluding diaryl/α,β-unsaturated/α-hetero) is 1. The van der Waals surface area contributed by atoms with Crippen molar-refractivity contribution >= 4 is 31.3 Å². The zero-order valence-corrected chi connectivity index (χ0v) is 13.2. The molecule has 0 aliphatic carbocycles. The lowest BCUT2D eigenvalue weighted by Crippen LogP contribution is -2.36. The lowest BCUT2D eigenvalue weighted by atomic mass is 10.1. The summed E-state index contributed by atoms with van der Waals surface area (Å²) in [7, 11) is -6.76. The zero-order chi connectivity index (χ0) is 15.7. The van der Waals surface area contributed by atoms with Gasteiger partial charge in [-0.25, -0.2) is 16.8 Å². The summed E-state index contributed by atoms with van der Waals surface area (Å²) < 4.78 is 49.6. The molecule has 0 aromatic heterocycles. The minimum absolute atomic E-state index is 0.101.